The number of nitrogens with zero attached hydrogens (tertiary/aromatic N) is 3. The summed E-state index contributed by atoms with van der Waals surface area (Å²) in [6.07, 6.45) is 2.01. The maximum absolute atomic E-state index is 14.4. The Bertz CT molecular complexity index is 978. The first-order chi connectivity index (χ1) is 14.0. The van der Waals surface area contributed by atoms with Gasteiger partial charge in [0.1, 0.15) is 11.5 Å². The van der Waals surface area contributed by atoms with Crippen LogP contribution in [-0.2, 0) is 16.0 Å². The fraction of sp³-hybridized carbons (Fsp3) is 0.409. The molecule has 1 aliphatic heterocycles. The molecular formula is C22H26FN3O2S. The van der Waals surface area contributed by atoms with E-state index in [1.165, 1.54) is 15.8 Å². The molecule has 2 aromatic heterocycles. The highest BCUT2D eigenvalue weighted by Crippen LogP contribution is 2.33. The Morgan fingerprint density at radius 2 is 2.10 bits per heavy atom. The molecule has 3 aromatic rings. The van der Waals surface area contributed by atoms with Crippen molar-refractivity contribution in [2.24, 2.45) is 0 Å². The number of hydrogen-bond donors (Lipinski definition) is 0. The summed E-state index contributed by atoms with van der Waals surface area (Å²) in [7, 11) is 2.06. The molecule has 1 fully saturated rings. The molecule has 0 saturated carbocycles. The standard InChI is InChI=1S/C22H26FN3O2S/c1-15-10-19(16(2)29-15)22-17(11-25(3)13-18-14-27-8-9-28-18)12-26(24-22)21-7-5-4-6-20(21)23/h4-7,10,12,18H,8-9,11,13-14H2,1-3H3. The predicted octanol–water partition coefficient (Wildman–Crippen LogP) is 4.20. The minimum absolute atomic E-state index is 0.0731. The van der Waals surface area contributed by atoms with Crippen LogP contribution in [0.3, 0.4) is 0 Å². The first kappa shape index (κ1) is 20.2. The Balaban J connectivity index is 1.65. The summed E-state index contributed by atoms with van der Waals surface area (Å²) >= 11 is 1.75. The number of hydrogen-bond acceptors (Lipinski definition) is 5. The van der Waals surface area contributed by atoms with E-state index in [9.17, 15) is 4.39 Å². The molecule has 0 amide bonds. The van der Waals surface area contributed by atoms with Gasteiger partial charge in [0.05, 0.1) is 31.6 Å². The molecule has 1 saturated heterocycles. The lowest BCUT2D eigenvalue weighted by atomic mass is 10.1. The van der Waals surface area contributed by atoms with Crippen molar-refractivity contribution in [1.29, 1.82) is 0 Å². The Hall–Kier alpha value is -2.06. The minimum Gasteiger partial charge on any atom is -0.376 e. The summed E-state index contributed by atoms with van der Waals surface area (Å²) in [5.74, 6) is -0.285. The van der Waals surface area contributed by atoms with Crippen LogP contribution in [-0.4, -0.2) is 54.2 Å². The Labute approximate surface area is 174 Å². The highest BCUT2D eigenvalue weighted by molar-refractivity contribution is 7.12. The lowest BCUT2D eigenvalue weighted by Crippen LogP contribution is -2.38. The largest absolute Gasteiger partial charge is 0.376 e. The average molecular weight is 416 g/mol. The molecule has 1 unspecified atom stereocenters. The lowest BCUT2D eigenvalue weighted by Gasteiger charge is -2.27. The Morgan fingerprint density at radius 3 is 2.79 bits per heavy atom. The van der Waals surface area contributed by atoms with Crippen LogP contribution in [0.25, 0.3) is 16.9 Å². The van der Waals surface area contributed by atoms with Crippen LogP contribution >= 0.6 is 11.3 Å². The molecule has 5 nitrogen and oxygen atoms in total. The van der Waals surface area contributed by atoms with Gasteiger partial charge in [-0.3, -0.25) is 4.90 Å². The molecule has 7 heteroatoms. The third-order valence-electron chi connectivity index (χ3n) is 5.03. The molecule has 0 aliphatic carbocycles. The van der Waals surface area contributed by atoms with Gasteiger partial charge in [-0.1, -0.05) is 12.1 Å². The van der Waals surface area contributed by atoms with E-state index in [0.717, 1.165) is 23.4 Å². The van der Waals surface area contributed by atoms with E-state index in [1.54, 1.807) is 28.2 Å². The number of benzene rings is 1. The number of likely N-dealkylation sites (N-methyl/N-ethyl adjacent to an activating group) is 1. The second-order valence-corrected chi connectivity index (χ2v) is 8.95. The summed E-state index contributed by atoms with van der Waals surface area (Å²) in [5.41, 5.74) is 3.54. The van der Waals surface area contributed by atoms with Crippen molar-refractivity contribution in [3.63, 3.8) is 0 Å². The molecule has 1 aromatic carbocycles. The molecule has 0 spiro atoms. The normalized spacial score (nSPS) is 17.2. The fourth-order valence-corrected chi connectivity index (χ4v) is 4.65. The van der Waals surface area contributed by atoms with E-state index in [1.807, 2.05) is 12.3 Å². The molecular weight excluding hydrogens is 389 g/mol. The third-order valence-corrected chi connectivity index (χ3v) is 5.99. The van der Waals surface area contributed by atoms with Crippen molar-refractivity contribution >= 4 is 11.3 Å². The van der Waals surface area contributed by atoms with Gasteiger partial charge in [-0.25, -0.2) is 9.07 Å². The van der Waals surface area contributed by atoms with Crippen molar-refractivity contribution in [3.8, 4) is 16.9 Å². The lowest BCUT2D eigenvalue weighted by molar-refractivity contribution is -0.0962. The average Bonchev–Trinajstić information content (AvgIpc) is 3.25. The molecule has 29 heavy (non-hydrogen) atoms. The van der Waals surface area contributed by atoms with Crippen LogP contribution in [0, 0.1) is 19.7 Å². The number of para-hydroxylation sites is 1. The summed E-state index contributed by atoms with van der Waals surface area (Å²) in [6.45, 7) is 7.59. The van der Waals surface area contributed by atoms with Crippen molar-refractivity contribution in [2.45, 2.75) is 26.5 Å². The van der Waals surface area contributed by atoms with E-state index in [4.69, 9.17) is 14.6 Å². The van der Waals surface area contributed by atoms with Crippen molar-refractivity contribution < 1.29 is 13.9 Å². The summed E-state index contributed by atoms with van der Waals surface area (Å²) < 4.78 is 27.3. The summed E-state index contributed by atoms with van der Waals surface area (Å²) in [6, 6.07) is 8.89. The van der Waals surface area contributed by atoms with Crippen LogP contribution in [0.5, 0.6) is 0 Å². The van der Waals surface area contributed by atoms with Crippen LogP contribution < -0.4 is 0 Å². The molecule has 0 radical (unpaired) electrons. The van der Waals surface area contributed by atoms with Crippen LogP contribution in [0.2, 0.25) is 0 Å². The fourth-order valence-electron chi connectivity index (χ4n) is 3.72. The third kappa shape index (κ3) is 4.59. The van der Waals surface area contributed by atoms with Gasteiger partial charge in [0, 0.05) is 40.2 Å². The molecule has 1 aliphatic rings. The topological polar surface area (TPSA) is 39.5 Å². The van der Waals surface area contributed by atoms with Crippen molar-refractivity contribution in [1.82, 2.24) is 14.7 Å². The second kappa shape index (κ2) is 8.75. The minimum atomic E-state index is -0.285. The second-order valence-electron chi connectivity index (χ2n) is 7.49. The maximum atomic E-state index is 14.4. The number of ether oxygens (including phenoxy) is 2. The first-order valence-electron chi connectivity index (χ1n) is 9.80. The van der Waals surface area contributed by atoms with Gasteiger partial charge < -0.3 is 9.47 Å². The van der Waals surface area contributed by atoms with E-state index in [0.29, 0.717) is 32.1 Å². The number of aromatic nitrogens is 2. The zero-order valence-corrected chi connectivity index (χ0v) is 17.8. The predicted molar refractivity (Wildman–Crippen MR) is 113 cm³/mol. The van der Waals surface area contributed by atoms with E-state index < -0.39 is 0 Å². The van der Waals surface area contributed by atoms with E-state index in [-0.39, 0.29) is 11.9 Å². The first-order valence-corrected chi connectivity index (χ1v) is 10.6. The SMILES string of the molecule is Cc1cc(-c2nn(-c3ccccc3F)cc2CN(C)CC2COCCO2)c(C)s1. The van der Waals surface area contributed by atoms with Gasteiger partial charge in [0.15, 0.2) is 0 Å². The monoisotopic (exact) mass is 415 g/mol. The Morgan fingerprint density at radius 1 is 1.28 bits per heavy atom. The number of halogens is 1. The van der Waals surface area contributed by atoms with Gasteiger partial charge in [0.25, 0.3) is 0 Å². The van der Waals surface area contributed by atoms with E-state index >= 15 is 0 Å². The van der Waals surface area contributed by atoms with Gasteiger partial charge in [-0.15, -0.1) is 11.3 Å². The van der Waals surface area contributed by atoms with Gasteiger partial charge in [-0.2, -0.15) is 5.10 Å². The van der Waals surface area contributed by atoms with Crippen LogP contribution in [0.1, 0.15) is 15.3 Å². The Kier molecular flexibility index (Phi) is 6.10. The quantitative estimate of drug-likeness (QED) is 0.605. The van der Waals surface area contributed by atoms with Gasteiger partial charge in [0.2, 0.25) is 0 Å². The molecule has 4 rings (SSSR count). The zero-order chi connectivity index (χ0) is 20.4. The van der Waals surface area contributed by atoms with Crippen molar-refractivity contribution in [2.75, 3.05) is 33.4 Å². The molecule has 154 valence electrons. The van der Waals surface area contributed by atoms with Gasteiger partial charge in [-0.05, 0) is 39.1 Å². The zero-order valence-electron chi connectivity index (χ0n) is 17.0. The molecule has 1 atom stereocenters. The summed E-state index contributed by atoms with van der Waals surface area (Å²) in [4.78, 5) is 4.67. The maximum Gasteiger partial charge on any atom is 0.148 e. The number of aryl methyl sites for hydroxylation is 2. The smallest absolute Gasteiger partial charge is 0.148 e. The van der Waals surface area contributed by atoms with Crippen LogP contribution in [0.4, 0.5) is 4.39 Å². The molecule has 0 N–H and O–H groups in total. The number of thiophene rings is 1. The molecule has 3 heterocycles. The van der Waals surface area contributed by atoms with Gasteiger partial charge >= 0.3 is 0 Å². The highest BCUT2D eigenvalue weighted by atomic mass is 32.1. The highest BCUT2D eigenvalue weighted by Gasteiger charge is 2.21. The van der Waals surface area contributed by atoms with Crippen LogP contribution in [0.15, 0.2) is 36.5 Å². The number of rotatable bonds is 6. The van der Waals surface area contributed by atoms with E-state index in [2.05, 4.69) is 31.9 Å². The summed E-state index contributed by atoms with van der Waals surface area (Å²) in [5, 5.41) is 4.79. The van der Waals surface area contributed by atoms with Crippen molar-refractivity contribution in [3.05, 3.63) is 57.7 Å². The molecule has 0 bridgehead atoms.